The Morgan fingerprint density at radius 2 is 1.56 bits per heavy atom. The molecule has 6 atom stereocenters. The molecule has 1 heterocycles. The maximum Gasteiger partial charge on any atom is 0.244 e. The van der Waals surface area contributed by atoms with E-state index in [4.69, 9.17) is 0 Å². The van der Waals surface area contributed by atoms with Gasteiger partial charge in [0.2, 0.25) is 17.7 Å². The van der Waals surface area contributed by atoms with E-state index >= 15 is 0 Å². The lowest BCUT2D eigenvalue weighted by molar-refractivity contribution is -0.143. The second-order valence-electron chi connectivity index (χ2n) is 7.45. The zero-order chi connectivity index (χ0) is 19.5. The average molecular weight is 498 g/mol. The van der Waals surface area contributed by atoms with Gasteiger partial charge in [0, 0.05) is 20.9 Å². The highest BCUT2D eigenvalue weighted by Crippen LogP contribution is 2.60. The number of rotatable bonds is 4. The van der Waals surface area contributed by atoms with Crippen LogP contribution in [0.25, 0.3) is 0 Å². The first-order valence-corrected chi connectivity index (χ1v) is 10.7. The lowest BCUT2D eigenvalue weighted by Crippen LogP contribution is -2.39. The Morgan fingerprint density at radius 1 is 1.04 bits per heavy atom. The third-order valence-electron chi connectivity index (χ3n) is 5.96. The molecule has 0 spiro atoms. The van der Waals surface area contributed by atoms with E-state index in [1.807, 2.05) is 0 Å². The zero-order valence-corrected chi connectivity index (χ0v) is 17.7. The number of benzene rings is 1. The summed E-state index contributed by atoms with van der Waals surface area (Å²) in [6.45, 7) is 1.19. The van der Waals surface area contributed by atoms with E-state index in [1.165, 1.54) is 6.92 Å². The number of alkyl halides is 2. The topological polar surface area (TPSA) is 83.6 Å². The van der Waals surface area contributed by atoms with Crippen LogP contribution in [-0.2, 0) is 14.4 Å². The van der Waals surface area contributed by atoms with Crippen LogP contribution in [0.3, 0.4) is 0 Å². The Balaban J connectivity index is 1.44. The minimum Gasteiger partial charge on any atom is -0.325 e. The molecule has 1 saturated heterocycles. The molecule has 27 heavy (non-hydrogen) atoms. The highest BCUT2D eigenvalue weighted by molar-refractivity contribution is 9.12. The van der Waals surface area contributed by atoms with Crippen molar-refractivity contribution in [2.24, 2.45) is 23.7 Å². The number of hydrogen-bond donors (Lipinski definition) is 1. The molecule has 2 bridgehead atoms. The molecule has 2 aliphatic carbocycles. The molecule has 0 unspecified atom stereocenters. The van der Waals surface area contributed by atoms with E-state index < -0.39 is 5.91 Å². The molecule has 1 aliphatic heterocycles. The Morgan fingerprint density at radius 3 is 2.04 bits per heavy atom. The maximum absolute atomic E-state index is 12.8. The van der Waals surface area contributed by atoms with Crippen molar-refractivity contribution in [3.05, 3.63) is 29.8 Å². The van der Waals surface area contributed by atoms with Crippen molar-refractivity contribution >= 4 is 61.1 Å². The number of Topliss-reactive ketones (excluding diaryl/α,β-unsaturated/α-hetero) is 1. The first kappa shape index (κ1) is 18.8. The smallest absolute Gasteiger partial charge is 0.244 e. The van der Waals surface area contributed by atoms with Crippen LogP contribution in [0.2, 0.25) is 0 Å². The molecule has 6 nitrogen and oxygen atoms in total. The van der Waals surface area contributed by atoms with Crippen LogP contribution in [-0.4, -0.2) is 44.6 Å². The van der Waals surface area contributed by atoms with E-state index in [-0.39, 0.29) is 57.5 Å². The molecule has 4 rings (SSSR count). The fourth-order valence-corrected chi connectivity index (χ4v) is 6.57. The Kier molecular flexibility index (Phi) is 4.74. The van der Waals surface area contributed by atoms with E-state index in [0.717, 1.165) is 11.3 Å². The van der Waals surface area contributed by atoms with Crippen molar-refractivity contribution in [3.8, 4) is 0 Å². The Hall–Kier alpha value is -1.54. The Labute approximate surface area is 173 Å². The van der Waals surface area contributed by atoms with Crippen molar-refractivity contribution in [3.63, 3.8) is 0 Å². The molecule has 8 heteroatoms. The van der Waals surface area contributed by atoms with E-state index in [9.17, 15) is 19.2 Å². The molecular weight excluding hydrogens is 480 g/mol. The van der Waals surface area contributed by atoms with Gasteiger partial charge >= 0.3 is 0 Å². The molecular formula is C19H18Br2N2O4. The summed E-state index contributed by atoms with van der Waals surface area (Å²) in [7, 11) is 0. The molecule has 1 N–H and O–H groups in total. The zero-order valence-electron chi connectivity index (χ0n) is 14.5. The van der Waals surface area contributed by atoms with E-state index in [2.05, 4.69) is 37.2 Å². The summed E-state index contributed by atoms with van der Waals surface area (Å²) in [5.41, 5.74) is 1.07. The summed E-state index contributed by atoms with van der Waals surface area (Å²) in [5.74, 6) is -1.32. The molecule has 1 aromatic carbocycles. The standard InChI is InChI=1S/C19H18Br2N2O4/c1-8(24)9-2-4-10(5-3-9)22-13(25)7-23-18(26)14-11-6-12(15(14)19(23)27)17(21)16(11)20/h2-5,11-12,14-17H,6-7H2,1H3,(H,22,25)/t11-,12-,14-,15-,16+,17+/m1/s1. The first-order chi connectivity index (χ1) is 12.8. The number of nitrogens with zero attached hydrogens (tertiary/aromatic N) is 1. The van der Waals surface area contributed by atoms with Gasteiger partial charge in [-0.05, 0) is 49.4 Å². The van der Waals surface area contributed by atoms with Crippen molar-refractivity contribution in [2.45, 2.75) is 23.0 Å². The number of ketones is 1. The number of carbonyl (C=O) groups is 4. The predicted octanol–water partition coefficient (Wildman–Crippen LogP) is 2.61. The summed E-state index contributed by atoms with van der Waals surface area (Å²) in [6, 6.07) is 6.50. The molecule has 3 fully saturated rings. The van der Waals surface area contributed by atoms with E-state index in [1.54, 1.807) is 24.3 Å². The number of likely N-dealkylation sites (tertiary alicyclic amines) is 1. The van der Waals surface area contributed by atoms with Crippen LogP contribution >= 0.6 is 31.9 Å². The predicted molar refractivity (Wildman–Crippen MR) is 106 cm³/mol. The molecule has 0 aromatic heterocycles. The van der Waals surface area contributed by atoms with Crippen LogP contribution in [0.5, 0.6) is 0 Å². The van der Waals surface area contributed by atoms with Crippen molar-refractivity contribution < 1.29 is 19.2 Å². The highest BCUT2D eigenvalue weighted by Gasteiger charge is 2.66. The number of halogens is 2. The van der Waals surface area contributed by atoms with Gasteiger partial charge in [0.25, 0.3) is 0 Å². The number of hydrogen-bond acceptors (Lipinski definition) is 4. The van der Waals surface area contributed by atoms with Gasteiger partial charge in [0.15, 0.2) is 5.78 Å². The minimum absolute atomic E-state index is 0.0579. The molecule has 3 aliphatic rings. The van der Waals surface area contributed by atoms with Gasteiger partial charge in [-0.15, -0.1) is 0 Å². The minimum atomic E-state index is -0.426. The summed E-state index contributed by atoms with van der Waals surface area (Å²) < 4.78 is 0. The van der Waals surface area contributed by atoms with Crippen LogP contribution in [0, 0.1) is 23.7 Å². The lowest BCUT2D eigenvalue weighted by atomic mass is 9.81. The molecule has 3 amide bonds. The van der Waals surface area contributed by atoms with Gasteiger partial charge in [-0.3, -0.25) is 24.1 Å². The van der Waals surface area contributed by atoms with Gasteiger partial charge in [0.05, 0.1) is 11.8 Å². The number of anilines is 1. The number of carbonyl (C=O) groups excluding carboxylic acids is 4. The quantitative estimate of drug-likeness (QED) is 0.393. The van der Waals surface area contributed by atoms with Crippen molar-refractivity contribution in [1.29, 1.82) is 0 Å². The first-order valence-electron chi connectivity index (χ1n) is 8.84. The normalized spacial score (nSPS) is 34.1. The maximum atomic E-state index is 12.8. The summed E-state index contributed by atoms with van der Waals surface area (Å²) in [5, 5.41) is 2.68. The molecule has 2 saturated carbocycles. The average Bonchev–Trinajstić information content (AvgIpc) is 3.23. The summed E-state index contributed by atoms with van der Waals surface area (Å²) in [4.78, 5) is 50.7. The second-order valence-corrected chi connectivity index (χ2v) is 9.56. The SMILES string of the molecule is CC(=O)c1ccc(NC(=O)CN2C(=O)[C@@H]3[C@H]4C[C@@H]([C@H](Br)[C@H]4Br)[C@H]3C2=O)cc1. The van der Waals surface area contributed by atoms with Crippen LogP contribution < -0.4 is 5.32 Å². The molecule has 0 radical (unpaired) electrons. The second kappa shape index (κ2) is 6.81. The largest absolute Gasteiger partial charge is 0.325 e. The highest BCUT2D eigenvalue weighted by atomic mass is 79.9. The lowest BCUT2D eigenvalue weighted by Gasteiger charge is -2.28. The fraction of sp³-hybridized carbons (Fsp3) is 0.474. The Bertz CT molecular complexity index is 809. The third kappa shape index (κ3) is 2.97. The fourth-order valence-electron chi connectivity index (χ4n) is 4.70. The molecule has 1 aromatic rings. The van der Waals surface area contributed by atoms with Crippen LogP contribution in [0.1, 0.15) is 23.7 Å². The third-order valence-corrected chi connectivity index (χ3v) is 9.16. The van der Waals surface area contributed by atoms with Gasteiger partial charge in [-0.25, -0.2) is 0 Å². The van der Waals surface area contributed by atoms with Gasteiger partial charge in [0.1, 0.15) is 6.54 Å². The van der Waals surface area contributed by atoms with Gasteiger partial charge in [-0.1, -0.05) is 31.9 Å². The monoisotopic (exact) mass is 496 g/mol. The number of fused-ring (bicyclic) bond motifs is 5. The van der Waals surface area contributed by atoms with Crippen LogP contribution in [0.4, 0.5) is 5.69 Å². The van der Waals surface area contributed by atoms with Gasteiger partial charge in [-0.2, -0.15) is 0 Å². The van der Waals surface area contributed by atoms with Crippen LogP contribution in [0.15, 0.2) is 24.3 Å². The number of imide groups is 1. The van der Waals surface area contributed by atoms with Crippen molar-refractivity contribution in [2.75, 3.05) is 11.9 Å². The number of nitrogens with one attached hydrogen (secondary N) is 1. The van der Waals surface area contributed by atoms with Gasteiger partial charge < -0.3 is 5.32 Å². The van der Waals surface area contributed by atoms with Crippen molar-refractivity contribution in [1.82, 2.24) is 4.90 Å². The summed E-state index contributed by atoms with van der Waals surface area (Å²) >= 11 is 7.29. The summed E-state index contributed by atoms with van der Waals surface area (Å²) in [6.07, 6.45) is 0.862. The number of amides is 3. The van der Waals surface area contributed by atoms with E-state index in [0.29, 0.717) is 11.3 Å². The molecule has 142 valence electrons.